The van der Waals surface area contributed by atoms with E-state index >= 15 is 0 Å². The molecule has 4 bridgehead atoms. The summed E-state index contributed by atoms with van der Waals surface area (Å²) in [6.45, 7) is 2.56. The summed E-state index contributed by atoms with van der Waals surface area (Å²) in [4.78, 5) is 12.7. The van der Waals surface area contributed by atoms with Gasteiger partial charge in [-0.25, -0.2) is 4.79 Å². The van der Waals surface area contributed by atoms with Crippen molar-refractivity contribution in [1.82, 2.24) is 0 Å². The minimum Gasteiger partial charge on any atom is -0.455 e. The molecule has 118 valence electrons. The summed E-state index contributed by atoms with van der Waals surface area (Å²) < 4.78 is 6.15. The van der Waals surface area contributed by atoms with Crippen LogP contribution >= 0.6 is 0 Å². The fraction of sp³-hybridized carbons (Fsp3) is 0.632. The monoisotopic (exact) mass is 299 g/mol. The predicted octanol–water partition coefficient (Wildman–Crippen LogP) is 3.52. The molecule has 0 atom stereocenters. The smallest absolute Gasteiger partial charge is 0.339 e. The van der Waals surface area contributed by atoms with Gasteiger partial charge in [-0.2, -0.15) is 0 Å². The number of nitrogens with two attached hydrogens (primary N) is 1. The van der Waals surface area contributed by atoms with Crippen molar-refractivity contribution in [2.75, 3.05) is 0 Å². The Morgan fingerprint density at radius 3 is 2.32 bits per heavy atom. The topological polar surface area (TPSA) is 52.3 Å². The first kappa shape index (κ1) is 14.3. The summed E-state index contributed by atoms with van der Waals surface area (Å²) in [6.07, 6.45) is 6.39. The Morgan fingerprint density at radius 2 is 1.73 bits per heavy atom. The van der Waals surface area contributed by atoms with Crippen molar-refractivity contribution in [3.8, 4) is 0 Å². The van der Waals surface area contributed by atoms with Crippen LogP contribution in [0.2, 0.25) is 0 Å². The number of rotatable bonds is 3. The van der Waals surface area contributed by atoms with Gasteiger partial charge in [-0.1, -0.05) is 18.2 Å². The van der Waals surface area contributed by atoms with Gasteiger partial charge in [-0.05, 0) is 74.3 Å². The van der Waals surface area contributed by atoms with Crippen molar-refractivity contribution in [3.63, 3.8) is 0 Å². The predicted molar refractivity (Wildman–Crippen MR) is 85.2 cm³/mol. The number of benzene rings is 1. The molecule has 4 fully saturated rings. The normalized spacial score (nSPS) is 39.0. The molecule has 0 amide bonds. The first-order valence-corrected chi connectivity index (χ1v) is 8.61. The molecular formula is C19H25NO2. The molecule has 5 rings (SSSR count). The van der Waals surface area contributed by atoms with E-state index in [1.165, 1.54) is 32.1 Å². The van der Waals surface area contributed by atoms with Gasteiger partial charge >= 0.3 is 5.97 Å². The average molecular weight is 299 g/mol. The van der Waals surface area contributed by atoms with E-state index in [1.807, 2.05) is 24.3 Å². The quantitative estimate of drug-likeness (QED) is 0.869. The highest BCUT2D eigenvalue weighted by Crippen LogP contribution is 2.59. The fourth-order valence-corrected chi connectivity index (χ4v) is 5.44. The Bertz CT molecular complexity index is 567. The summed E-state index contributed by atoms with van der Waals surface area (Å²) in [5.41, 5.74) is 7.00. The summed E-state index contributed by atoms with van der Waals surface area (Å²) in [6, 6.07) is 7.55. The molecule has 2 N–H and O–H groups in total. The van der Waals surface area contributed by atoms with E-state index in [0.717, 1.165) is 17.4 Å². The number of hydrogen-bond donors (Lipinski definition) is 1. The third kappa shape index (κ3) is 2.10. The summed E-state index contributed by atoms with van der Waals surface area (Å²) in [5.74, 6) is 2.68. The van der Waals surface area contributed by atoms with Crippen molar-refractivity contribution >= 4 is 5.97 Å². The molecule has 0 heterocycles. The van der Waals surface area contributed by atoms with Crippen molar-refractivity contribution in [2.24, 2.45) is 29.4 Å². The van der Waals surface area contributed by atoms with Crippen LogP contribution in [0.25, 0.3) is 0 Å². The lowest BCUT2D eigenvalue weighted by Crippen LogP contribution is -2.58. The molecule has 4 saturated carbocycles. The highest BCUT2D eigenvalue weighted by Gasteiger charge is 2.57. The average Bonchev–Trinajstić information content (AvgIpc) is 2.52. The van der Waals surface area contributed by atoms with E-state index in [4.69, 9.17) is 10.5 Å². The Hall–Kier alpha value is -1.35. The van der Waals surface area contributed by atoms with Crippen LogP contribution in [0, 0.1) is 23.7 Å². The second-order valence-electron chi connectivity index (χ2n) is 7.74. The maximum absolute atomic E-state index is 12.7. The van der Waals surface area contributed by atoms with Crippen LogP contribution in [-0.4, -0.2) is 11.6 Å². The van der Waals surface area contributed by atoms with Crippen molar-refractivity contribution in [2.45, 2.75) is 51.2 Å². The van der Waals surface area contributed by atoms with Crippen LogP contribution in [0.1, 0.15) is 54.9 Å². The molecule has 0 unspecified atom stereocenters. The SMILES string of the molecule is CC1(OC(=O)c2ccccc2CN)C2CC3CC(C2)CC1C3. The zero-order valence-electron chi connectivity index (χ0n) is 13.3. The molecule has 4 aliphatic carbocycles. The first-order chi connectivity index (χ1) is 10.6. The molecule has 4 aliphatic rings. The van der Waals surface area contributed by atoms with Crippen LogP contribution in [0.5, 0.6) is 0 Å². The lowest BCUT2D eigenvalue weighted by molar-refractivity contribution is -0.165. The largest absolute Gasteiger partial charge is 0.455 e. The molecule has 3 heteroatoms. The molecule has 1 aromatic carbocycles. The van der Waals surface area contributed by atoms with Gasteiger partial charge in [0.25, 0.3) is 0 Å². The summed E-state index contributed by atoms with van der Waals surface area (Å²) >= 11 is 0. The Kier molecular flexibility index (Phi) is 3.30. The molecule has 22 heavy (non-hydrogen) atoms. The van der Waals surface area contributed by atoms with Gasteiger partial charge < -0.3 is 10.5 Å². The van der Waals surface area contributed by atoms with Gasteiger partial charge in [-0.3, -0.25) is 0 Å². The van der Waals surface area contributed by atoms with E-state index in [-0.39, 0.29) is 11.6 Å². The maximum Gasteiger partial charge on any atom is 0.339 e. The van der Waals surface area contributed by atoms with Gasteiger partial charge in [0.05, 0.1) is 5.56 Å². The highest BCUT2D eigenvalue weighted by atomic mass is 16.6. The Morgan fingerprint density at radius 1 is 1.14 bits per heavy atom. The van der Waals surface area contributed by atoms with E-state index in [2.05, 4.69) is 6.92 Å². The van der Waals surface area contributed by atoms with E-state index in [9.17, 15) is 4.79 Å². The second kappa shape index (κ2) is 5.09. The van der Waals surface area contributed by atoms with Crippen LogP contribution in [0.4, 0.5) is 0 Å². The number of esters is 1. The van der Waals surface area contributed by atoms with Crippen molar-refractivity contribution < 1.29 is 9.53 Å². The zero-order valence-corrected chi connectivity index (χ0v) is 13.3. The van der Waals surface area contributed by atoms with Crippen LogP contribution < -0.4 is 5.73 Å². The van der Waals surface area contributed by atoms with Crippen LogP contribution in [0.15, 0.2) is 24.3 Å². The zero-order chi connectivity index (χ0) is 15.3. The lowest BCUT2D eigenvalue weighted by atomic mass is 9.50. The molecule has 0 radical (unpaired) electrons. The number of carbonyl (C=O) groups excluding carboxylic acids is 1. The molecule has 1 aromatic rings. The number of ether oxygens (including phenoxy) is 1. The number of hydrogen-bond acceptors (Lipinski definition) is 3. The van der Waals surface area contributed by atoms with Gasteiger partial charge in [0, 0.05) is 6.54 Å². The second-order valence-corrected chi connectivity index (χ2v) is 7.74. The fourth-order valence-electron chi connectivity index (χ4n) is 5.44. The van der Waals surface area contributed by atoms with Crippen LogP contribution in [0.3, 0.4) is 0 Å². The molecule has 0 saturated heterocycles. The number of carbonyl (C=O) groups is 1. The lowest BCUT2D eigenvalue weighted by Gasteiger charge is -2.59. The van der Waals surface area contributed by atoms with Crippen molar-refractivity contribution in [3.05, 3.63) is 35.4 Å². The highest BCUT2D eigenvalue weighted by molar-refractivity contribution is 5.91. The van der Waals surface area contributed by atoms with E-state index in [1.54, 1.807) is 0 Å². The third-order valence-corrected chi connectivity index (χ3v) is 6.53. The third-order valence-electron chi connectivity index (χ3n) is 6.53. The Balaban J connectivity index is 1.59. The summed E-state index contributed by atoms with van der Waals surface area (Å²) in [5, 5.41) is 0. The van der Waals surface area contributed by atoms with Gasteiger partial charge in [0.1, 0.15) is 5.60 Å². The van der Waals surface area contributed by atoms with Gasteiger partial charge in [0.15, 0.2) is 0 Å². The molecule has 3 nitrogen and oxygen atoms in total. The van der Waals surface area contributed by atoms with E-state index < -0.39 is 0 Å². The van der Waals surface area contributed by atoms with E-state index in [0.29, 0.717) is 23.9 Å². The van der Waals surface area contributed by atoms with Crippen LogP contribution in [-0.2, 0) is 11.3 Å². The molecule has 0 aromatic heterocycles. The minimum absolute atomic E-state index is 0.184. The van der Waals surface area contributed by atoms with Gasteiger partial charge in [0.2, 0.25) is 0 Å². The molecule has 0 aliphatic heterocycles. The minimum atomic E-state index is -0.272. The van der Waals surface area contributed by atoms with Crippen molar-refractivity contribution in [1.29, 1.82) is 0 Å². The van der Waals surface area contributed by atoms with Gasteiger partial charge in [-0.15, -0.1) is 0 Å². The standard InChI is InChI=1S/C19H25NO2/c1-19(15-7-12-6-13(9-15)10-16(19)8-12)22-18(21)17-5-3-2-4-14(17)11-20/h2-5,12-13,15-16H,6-11,20H2,1H3. The maximum atomic E-state index is 12.7. The summed E-state index contributed by atoms with van der Waals surface area (Å²) in [7, 11) is 0. The molecule has 0 spiro atoms. The Labute approximate surface area is 132 Å². The molecular weight excluding hydrogens is 274 g/mol. The first-order valence-electron chi connectivity index (χ1n) is 8.61.